The van der Waals surface area contributed by atoms with Crippen LogP contribution in [-0.4, -0.2) is 61.9 Å². The summed E-state index contributed by atoms with van der Waals surface area (Å²) in [7, 11) is 2.29. The Morgan fingerprint density at radius 3 is 2.64 bits per heavy atom. The van der Waals surface area contributed by atoms with Crippen LogP contribution in [0.2, 0.25) is 5.02 Å². The summed E-state index contributed by atoms with van der Waals surface area (Å²) in [6.45, 7) is 11.2. The molecule has 0 aromatic heterocycles. The summed E-state index contributed by atoms with van der Waals surface area (Å²) >= 11 is 6.41. The minimum absolute atomic E-state index is 0.103. The van der Waals surface area contributed by atoms with Crippen LogP contribution in [0.3, 0.4) is 0 Å². The molecule has 1 spiro atoms. The number of carbonyl (C=O) groups excluding carboxylic acids is 1. The monoisotopic (exact) mass is 657 g/mol. The topological polar surface area (TPSA) is 79.9 Å². The molecule has 248 valence electrons. The zero-order valence-corrected chi connectivity index (χ0v) is 29.4. The molecular weight excluding hydrogens is 606 g/mol. The number of benzene rings is 2. The van der Waals surface area contributed by atoms with Gasteiger partial charge in [0, 0.05) is 41.5 Å². The number of anilines is 1. The molecular formula is C36H52ClN3O4S. The van der Waals surface area contributed by atoms with E-state index in [1.165, 1.54) is 11.1 Å². The van der Waals surface area contributed by atoms with E-state index in [2.05, 4.69) is 53.1 Å². The molecule has 3 aliphatic rings. The fourth-order valence-electron chi connectivity index (χ4n) is 6.73. The molecule has 45 heavy (non-hydrogen) atoms. The first-order valence-electron chi connectivity index (χ1n) is 16.5. The van der Waals surface area contributed by atoms with Crippen molar-refractivity contribution in [2.24, 2.45) is 11.8 Å². The summed E-state index contributed by atoms with van der Waals surface area (Å²) in [5, 5.41) is 3.54. The Morgan fingerprint density at radius 2 is 2.00 bits per heavy atom. The van der Waals surface area contributed by atoms with Gasteiger partial charge in [-0.05, 0) is 119 Å². The predicted octanol–water partition coefficient (Wildman–Crippen LogP) is 6.85. The lowest BCUT2D eigenvalue weighted by atomic mass is 9.68. The number of ether oxygens (including phenoxy) is 2. The average Bonchev–Trinajstić information content (AvgIpc) is 3.17. The van der Waals surface area contributed by atoms with Crippen LogP contribution < -0.4 is 19.7 Å². The molecule has 0 saturated heterocycles. The van der Waals surface area contributed by atoms with Crippen molar-refractivity contribution in [1.29, 1.82) is 0 Å². The molecule has 2 aliphatic carbocycles. The molecule has 5 rings (SSSR count). The second kappa shape index (κ2) is 16.4. The number of nitrogens with one attached hydrogen (secondary N) is 2. The van der Waals surface area contributed by atoms with Gasteiger partial charge in [-0.15, -0.1) is 0 Å². The molecule has 1 aliphatic heterocycles. The first-order chi connectivity index (χ1) is 21.7. The summed E-state index contributed by atoms with van der Waals surface area (Å²) in [5.74, 6) is 1.36. The minimum Gasteiger partial charge on any atom is -0.490 e. The third-order valence-electron chi connectivity index (χ3n) is 9.46. The molecule has 1 fully saturated rings. The third kappa shape index (κ3) is 8.51. The lowest BCUT2D eigenvalue weighted by molar-refractivity contribution is 0.0132. The Hall–Kier alpha value is -2.39. The van der Waals surface area contributed by atoms with Crippen molar-refractivity contribution in [2.45, 2.75) is 83.0 Å². The molecule has 4 unspecified atom stereocenters. The molecule has 0 radical (unpaired) electrons. The standard InChI is InChI=1S/C33H43ClN2O4S.C3H9N/c1-5-6-9-30(39-4)27-13-10-25(27)19-36-20-33(16-7-8-23-17-26(34)12-14-28(23)33)21-40-31-15-11-24(18-29(31)36)32(37)35-41(38)22(2)3;1-3-4-2/h6,9,11-12,14-15,17-18,22,25,27,30H,5,7-8,10,13,16,19-21H2,1-4H3,(H,35,37);4H,3H2,1-2H3/b9-6+;/t25?,27?,30?,33-,41?;/m0./s1. The zero-order chi connectivity index (χ0) is 32.6. The molecule has 2 aromatic rings. The number of methoxy groups -OCH3 is 1. The van der Waals surface area contributed by atoms with Crippen LogP contribution in [0.4, 0.5) is 5.69 Å². The van der Waals surface area contributed by atoms with Crippen molar-refractivity contribution in [3.05, 3.63) is 70.3 Å². The van der Waals surface area contributed by atoms with Crippen LogP contribution in [0.25, 0.3) is 0 Å². The molecule has 7 nitrogen and oxygen atoms in total. The van der Waals surface area contributed by atoms with E-state index in [4.69, 9.17) is 21.1 Å². The van der Waals surface area contributed by atoms with Crippen molar-refractivity contribution in [2.75, 3.05) is 45.3 Å². The largest absolute Gasteiger partial charge is 0.490 e. The normalized spacial score (nSPS) is 23.6. The van der Waals surface area contributed by atoms with Gasteiger partial charge in [0.05, 0.1) is 18.4 Å². The van der Waals surface area contributed by atoms with Gasteiger partial charge in [-0.2, -0.15) is 0 Å². The molecule has 2 aromatic carbocycles. The van der Waals surface area contributed by atoms with Crippen LogP contribution in [0.5, 0.6) is 5.75 Å². The molecule has 0 bridgehead atoms. The highest BCUT2D eigenvalue weighted by Crippen LogP contribution is 2.47. The second-order valence-electron chi connectivity index (χ2n) is 12.8. The number of aryl methyl sites for hydroxylation is 1. The van der Waals surface area contributed by atoms with E-state index in [0.717, 1.165) is 74.6 Å². The van der Waals surface area contributed by atoms with E-state index in [-0.39, 0.29) is 22.7 Å². The van der Waals surface area contributed by atoms with Gasteiger partial charge in [0.2, 0.25) is 0 Å². The Morgan fingerprint density at radius 1 is 1.22 bits per heavy atom. The number of amides is 1. The number of nitrogens with zero attached hydrogens (tertiary/aromatic N) is 1. The number of hydrogen-bond acceptors (Lipinski definition) is 6. The van der Waals surface area contributed by atoms with Crippen LogP contribution in [0.15, 0.2) is 48.6 Å². The highest BCUT2D eigenvalue weighted by Gasteiger charge is 2.44. The predicted molar refractivity (Wildman–Crippen MR) is 187 cm³/mol. The number of halogens is 1. The lowest BCUT2D eigenvalue weighted by Crippen LogP contribution is -2.49. The molecule has 9 heteroatoms. The van der Waals surface area contributed by atoms with Gasteiger partial charge in [-0.25, -0.2) is 4.21 Å². The molecule has 5 atom stereocenters. The van der Waals surface area contributed by atoms with Gasteiger partial charge in [-0.3, -0.25) is 9.52 Å². The van der Waals surface area contributed by atoms with E-state index >= 15 is 0 Å². The SMILES string of the molecule is CC/C=C/C(OC)C1CCC1CN1C[C@@]2(CCCc3cc(Cl)ccc32)COc2ccc(C(=O)NS(=O)C(C)C)cc21.CCNC. The second-order valence-corrected chi connectivity index (χ2v) is 15.0. The van der Waals surface area contributed by atoms with E-state index in [0.29, 0.717) is 24.0 Å². The first-order valence-corrected chi connectivity index (χ1v) is 18.1. The van der Waals surface area contributed by atoms with Crippen molar-refractivity contribution in [3.63, 3.8) is 0 Å². The zero-order valence-electron chi connectivity index (χ0n) is 27.9. The quantitative estimate of drug-likeness (QED) is 0.272. The molecule has 2 N–H and O–H groups in total. The fraction of sp³-hybridized carbons (Fsp3) is 0.583. The molecule has 1 heterocycles. The van der Waals surface area contributed by atoms with Gasteiger partial charge in [-0.1, -0.05) is 43.7 Å². The van der Waals surface area contributed by atoms with Crippen LogP contribution in [0, 0.1) is 11.8 Å². The van der Waals surface area contributed by atoms with Crippen LogP contribution in [0.1, 0.15) is 81.3 Å². The number of allylic oxidation sites excluding steroid dienone is 1. The van der Waals surface area contributed by atoms with Crippen molar-refractivity contribution in [3.8, 4) is 5.75 Å². The number of hydrogen-bond donors (Lipinski definition) is 2. The van der Waals surface area contributed by atoms with Crippen LogP contribution >= 0.6 is 11.6 Å². The Bertz CT molecular complexity index is 1350. The molecule has 1 saturated carbocycles. The lowest BCUT2D eigenvalue weighted by Gasteiger charge is -2.46. The van der Waals surface area contributed by atoms with E-state index in [1.807, 2.05) is 39.1 Å². The minimum atomic E-state index is -1.44. The summed E-state index contributed by atoms with van der Waals surface area (Å²) in [6, 6.07) is 11.9. The smallest absolute Gasteiger partial charge is 0.263 e. The fourth-order valence-corrected chi connectivity index (χ4v) is 7.46. The van der Waals surface area contributed by atoms with Gasteiger partial charge < -0.3 is 19.7 Å². The van der Waals surface area contributed by atoms with E-state index in [1.54, 1.807) is 13.2 Å². The maximum absolute atomic E-state index is 13.1. The summed E-state index contributed by atoms with van der Waals surface area (Å²) in [5.41, 5.74) is 3.86. The number of rotatable bonds is 10. The third-order valence-corrected chi connectivity index (χ3v) is 10.9. The maximum Gasteiger partial charge on any atom is 0.263 e. The Labute approximate surface area is 278 Å². The summed E-state index contributed by atoms with van der Waals surface area (Å²) < 4.78 is 27.6. The van der Waals surface area contributed by atoms with E-state index < -0.39 is 11.0 Å². The van der Waals surface area contributed by atoms with Crippen LogP contribution in [-0.2, 0) is 27.6 Å². The summed E-state index contributed by atoms with van der Waals surface area (Å²) in [6.07, 6.45) is 10.9. The summed E-state index contributed by atoms with van der Waals surface area (Å²) in [4.78, 5) is 15.6. The highest BCUT2D eigenvalue weighted by atomic mass is 35.5. The number of carbonyl (C=O) groups is 1. The van der Waals surface area contributed by atoms with Gasteiger partial charge in [0.1, 0.15) is 16.7 Å². The average molecular weight is 658 g/mol. The first kappa shape index (κ1) is 35.5. The van der Waals surface area contributed by atoms with Crippen molar-refractivity contribution < 1.29 is 18.5 Å². The van der Waals surface area contributed by atoms with Gasteiger partial charge in [0.15, 0.2) is 0 Å². The highest BCUT2D eigenvalue weighted by molar-refractivity contribution is 7.84. The van der Waals surface area contributed by atoms with Crippen molar-refractivity contribution in [1.82, 2.24) is 10.0 Å². The molecule has 1 amide bonds. The van der Waals surface area contributed by atoms with Crippen molar-refractivity contribution >= 4 is 34.2 Å². The van der Waals surface area contributed by atoms with E-state index in [9.17, 15) is 9.00 Å². The number of fused-ring (bicyclic) bond motifs is 3. The Balaban J connectivity index is 0.00000109. The Kier molecular flexibility index (Phi) is 13.0. The maximum atomic E-state index is 13.1. The van der Waals surface area contributed by atoms with Gasteiger partial charge in [0.25, 0.3) is 5.91 Å². The van der Waals surface area contributed by atoms with Gasteiger partial charge >= 0.3 is 0 Å².